The number of hydrogen-bond acceptors (Lipinski definition) is 3. The summed E-state index contributed by atoms with van der Waals surface area (Å²) in [7, 11) is 0. The van der Waals surface area contributed by atoms with Crippen molar-refractivity contribution in [2.24, 2.45) is 0 Å². The van der Waals surface area contributed by atoms with Crippen LogP contribution >= 0.6 is 0 Å². The lowest BCUT2D eigenvalue weighted by atomic mass is 10.2. The number of nitrogens with zero attached hydrogens (tertiary/aromatic N) is 3. The fourth-order valence-corrected chi connectivity index (χ4v) is 3.47. The van der Waals surface area contributed by atoms with Crippen LogP contribution in [0.5, 0.6) is 0 Å². The van der Waals surface area contributed by atoms with Crippen molar-refractivity contribution in [2.45, 2.75) is 52.1 Å². The minimum Gasteiger partial charge on any atom is -0.346 e. The summed E-state index contributed by atoms with van der Waals surface area (Å²) < 4.78 is 2.17. The molecule has 6 heteroatoms. The van der Waals surface area contributed by atoms with Crippen molar-refractivity contribution in [3.05, 3.63) is 30.1 Å². The Bertz CT molecular complexity index is 781. The Morgan fingerprint density at radius 3 is 2.72 bits per heavy atom. The van der Waals surface area contributed by atoms with Gasteiger partial charge in [-0.25, -0.2) is 4.98 Å². The maximum absolute atomic E-state index is 12.3. The van der Waals surface area contributed by atoms with Crippen molar-refractivity contribution in [3.63, 3.8) is 0 Å². The number of likely N-dealkylation sites (tertiary alicyclic amines) is 1. The zero-order chi connectivity index (χ0) is 18.0. The van der Waals surface area contributed by atoms with E-state index in [9.17, 15) is 9.59 Å². The number of hydrogen-bond donors (Lipinski definition) is 1. The van der Waals surface area contributed by atoms with Crippen LogP contribution in [-0.2, 0) is 9.59 Å². The monoisotopic (exact) mass is 342 g/mol. The second-order valence-electron chi connectivity index (χ2n) is 6.95. The van der Waals surface area contributed by atoms with Gasteiger partial charge in [-0.15, -0.1) is 0 Å². The van der Waals surface area contributed by atoms with Crippen LogP contribution in [0.15, 0.2) is 24.3 Å². The summed E-state index contributed by atoms with van der Waals surface area (Å²) >= 11 is 0. The van der Waals surface area contributed by atoms with Gasteiger partial charge in [0.05, 0.1) is 17.1 Å². The minimum absolute atomic E-state index is 0.0467. The van der Waals surface area contributed by atoms with Gasteiger partial charge in [0.1, 0.15) is 5.82 Å². The van der Waals surface area contributed by atoms with Gasteiger partial charge in [-0.3, -0.25) is 9.59 Å². The molecule has 134 valence electrons. The van der Waals surface area contributed by atoms with Crippen LogP contribution in [0.25, 0.3) is 11.0 Å². The summed E-state index contributed by atoms with van der Waals surface area (Å²) in [4.78, 5) is 30.4. The Morgan fingerprint density at radius 2 is 2.04 bits per heavy atom. The molecular weight excluding hydrogens is 316 g/mol. The highest BCUT2D eigenvalue weighted by molar-refractivity contribution is 5.80. The SMILES string of the molecule is CC(C)n1c([C@H](C)NC(=O)CCN2CCCC2=O)nc2ccccc21. The average Bonchev–Trinajstić information content (AvgIpc) is 3.16. The van der Waals surface area contributed by atoms with Crippen LogP contribution in [0.3, 0.4) is 0 Å². The van der Waals surface area contributed by atoms with Gasteiger partial charge in [0.2, 0.25) is 11.8 Å². The molecule has 1 atom stereocenters. The van der Waals surface area contributed by atoms with Gasteiger partial charge < -0.3 is 14.8 Å². The molecular formula is C19H26N4O2. The van der Waals surface area contributed by atoms with Gasteiger partial charge in [-0.05, 0) is 39.3 Å². The van der Waals surface area contributed by atoms with E-state index < -0.39 is 0 Å². The molecule has 2 aromatic rings. The topological polar surface area (TPSA) is 67.2 Å². The van der Waals surface area contributed by atoms with Crippen LogP contribution in [0.1, 0.15) is 57.9 Å². The number of nitrogens with one attached hydrogen (secondary N) is 1. The number of carbonyl (C=O) groups excluding carboxylic acids is 2. The Kier molecular flexibility index (Phi) is 5.06. The molecule has 1 aromatic heterocycles. The minimum atomic E-state index is -0.184. The molecule has 0 aliphatic carbocycles. The Hall–Kier alpha value is -2.37. The van der Waals surface area contributed by atoms with E-state index in [-0.39, 0.29) is 23.9 Å². The van der Waals surface area contributed by atoms with E-state index in [0.717, 1.165) is 29.8 Å². The summed E-state index contributed by atoms with van der Waals surface area (Å²) in [6.45, 7) is 7.46. The molecule has 0 spiro atoms. The van der Waals surface area contributed by atoms with E-state index in [0.29, 0.717) is 19.4 Å². The molecule has 1 saturated heterocycles. The van der Waals surface area contributed by atoms with Crippen molar-refractivity contribution in [1.82, 2.24) is 19.8 Å². The second kappa shape index (κ2) is 7.25. The van der Waals surface area contributed by atoms with Gasteiger partial charge in [-0.1, -0.05) is 12.1 Å². The Labute approximate surface area is 148 Å². The van der Waals surface area contributed by atoms with Crippen LogP contribution < -0.4 is 5.32 Å². The molecule has 2 heterocycles. The first kappa shape index (κ1) is 17.5. The van der Waals surface area contributed by atoms with Crippen molar-refractivity contribution >= 4 is 22.8 Å². The summed E-state index contributed by atoms with van der Waals surface area (Å²) in [5.74, 6) is 0.971. The molecule has 6 nitrogen and oxygen atoms in total. The summed E-state index contributed by atoms with van der Waals surface area (Å²) in [5, 5.41) is 3.03. The van der Waals surface area contributed by atoms with Crippen molar-refractivity contribution < 1.29 is 9.59 Å². The quantitative estimate of drug-likeness (QED) is 0.878. The highest BCUT2D eigenvalue weighted by Gasteiger charge is 2.22. The number of imidazole rings is 1. The molecule has 0 bridgehead atoms. The first-order chi connectivity index (χ1) is 12.0. The van der Waals surface area contributed by atoms with E-state index >= 15 is 0 Å². The zero-order valence-electron chi connectivity index (χ0n) is 15.2. The highest BCUT2D eigenvalue weighted by atomic mass is 16.2. The molecule has 0 unspecified atom stereocenters. The molecule has 1 fully saturated rings. The van der Waals surface area contributed by atoms with Gasteiger partial charge in [0.15, 0.2) is 0 Å². The van der Waals surface area contributed by atoms with E-state index in [2.05, 4.69) is 29.8 Å². The Morgan fingerprint density at radius 1 is 1.28 bits per heavy atom. The predicted molar refractivity (Wildman–Crippen MR) is 97.1 cm³/mol. The van der Waals surface area contributed by atoms with Crippen molar-refractivity contribution in [3.8, 4) is 0 Å². The number of aromatic nitrogens is 2. The molecule has 1 aliphatic heterocycles. The molecule has 0 saturated carbocycles. The van der Waals surface area contributed by atoms with Crippen molar-refractivity contribution in [1.29, 1.82) is 0 Å². The maximum atomic E-state index is 12.3. The first-order valence-electron chi connectivity index (χ1n) is 9.01. The lowest BCUT2D eigenvalue weighted by Gasteiger charge is -2.20. The predicted octanol–water partition coefficient (Wildman–Crippen LogP) is 2.81. The third-order valence-corrected chi connectivity index (χ3v) is 4.68. The average molecular weight is 342 g/mol. The number of amides is 2. The van der Waals surface area contributed by atoms with E-state index in [1.165, 1.54) is 0 Å². The summed E-state index contributed by atoms with van der Waals surface area (Å²) in [6.07, 6.45) is 1.84. The molecule has 1 aromatic carbocycles. The number of fused-ring (bicyclic) bond motifs is 1. The third-order valence-electron chi connectivity index (χ3n) is 4.68. The normalized spacial score (nSPS) is 16.0. The number of carbonyl (C=O) groups is 2. The van der Waals surface area contributed by atoms with Gasteiger partial charge in [-0.2, -0.15) is 0 Å². The maximum Gasteiger partial charge on any atom is 0.222 e. The smallest absolute Gasteiger partial charge is 0.222 e. The van der Waals surface area contributed by atoms with Gasteiger partial charge >= 0.3 is 0 Å². The molecule has 2 amide bonds. The lowest BCUT2D eigenvalue weighted by molar-refractivity contribution is -0.128. The Balaban J connectivity index is 1.69. The molecule has 0 radical (unpaired) electrons. The zero-order valence-corrected chi connectivity index (χ0v) is 15.2. The van der Waals surface area contributed by atoms with Crippen molar-refractivity contribution in [2.75, 3.05) is 13.1 Å². The van der Waals surface area contributed by atoms with Gasteiger partial charge in [0.25, 0.3) is 0 Å². The first-order valence-corrected chi connectivity index (χ1v) is 9.01. The number of rotatable bonds is 6. The molecule has 3 rings (SSSR count). The van der Waals surface area contributed by atoms with Crippen LogP contribution in [0, 0.1) is 0 Å². The highest BCUT2D eigenvalue weighted by Crippen LogP contribution is 2.24. The fraction of sp³-hybridized carbons (Fsp3) is 0.526. The fourth-order valence-electron chi connectivity index (χ4n) is 3.47. The second-order valence-corrected chi connectivity index (χ2v) is 6.95. The van der Waals surface area contributed by atoms with Gasteiger partial charge in [0, 0.05) is 32.0 Å². The molecule has 25 heavy (non-hydrogen) atoms. The summed E-state index contributed by atoms with van der Waals surface area (Å²) in [5.41, 5.74) is 2.02. The molecule has 1 aliphatic rings. The third kappa shape index (κ3) is 3.67. The number of para-hydroxylation sites is 2. The van der Waals surface area contributed by atoms with Crippen LogP contribution in [0.2, 0.25) is 0 Å². The van der Waals surface area contributed by atoms with Crippen LogP contribution in [0.4, 0.5) is 0 Å². The molecule has 1 N–H and O–H groups in total. The summed E-state index contributed by atoms with van der Waals surface area (Å²) in [6, 6.07) is 8.09. The number of benzene rings is 1. The standard InChI is InChI=1S/C19H26N4O2/c1-13(2)23-16-8-5-4-7-15(16)21-19(23)14(3)20-17(24)10-12-22-11-6-9-18(22)25/h4-5,7-8,13-14H,6,9-12H2,1-3H3,(H,20,24)/t14-/m0/s1. The van der Waals surface area contributed by atoms with E-state index in [1.807, 2.05) is 25.1 Å². The van der Waals surface area contributed by atoms with Crippen LogP contribution in [-0.4, -0.2) is 39.4 Å². The largest absolute Gasteiger partial charge is 0.346 e. The van der Waals surface area contributed by atoms with E-state index in [4.69, 9.17) is 4.98 Å². The lowest BCUT2D eigenvalue weighted by Crippen LogP contribution is -2.33. The van der Waals surface area contributed by atoms with E-state index in [1.54, 1.807) is 4.90 Å².